The van der Waals surface area contributed by atoms with Crippen LogP contribution in [0.2, 0.25) is 0 Å². The van der Waals surface area contributed by atoms with Gasteiger partial charge in [0, 0.05) is 24.2 Å². The number of anilines is 2. The highest BCUT2D eigenvalue weighted by molar-refractivity contribution is 6.01. The number of carbonyl (C=O) groups is 3. The van der Waals surface area contributed by atoms with Crippen LogP contribution in [0.5, 0.6) is 5.75 Å². The Kier molecular flexibility index (Phi) is 4.70. The largest absolute Gasteiger partial charge is 0.482 e. The van der Waals surface area contributed by atoms with Crippen LogP contribution in [0.4, 0.5) is 11.4 Å². The lowest BCUT2D eigenvalue weighted by atomic mass is 10.1. The molecule has 2 aromatic rings. The van der Waals surface area contributed by atoms with Gasteiger partial charge in [0.25, 0.3) is 11.8 Å². The first-order valence-electron chi connectivity index (χ1n) is 8.98. The number of ether oxygens (including phenoxy) is 1. The highest BCUT2D eigenvalue weighted by atomic mass is 16.5. The lowest BCUT2D eigenvalue weighted by Crippen LogP contribution is -2.38. The first-order valence-corrected chi connectivity index (χ1v) is 8.98. The minimum atomic E-state index is -0.666. The molecule has 1 saturated heterocycles. The summed E-state index contributed by atoms with van der Waals surface area (Å²) in [4.78, 5) is 39.3. The first-order chi connectivity index (χ1) is 13.6. The number of rotatable bonds is 4. The van der Waals surface area contributed by atoms with Crippen LogP contribution in [0, 0.1) is 0 Å². The zero-order valence-corrected chi connectivity index (χ0v) is 15.1. The Bertz CT molecular complexity index is 941. The second-order valence-electron chi connectivity index (χ2n) is 6.71. The van der Waals surface area contributed by atoms with Crippen molar-refractivity contribution < 1.29 is 24.3 Å². The molecule has 0 saturated carbocycles. The van der Waals surface area contributed by atoms with Gasteiger partial charge in [-0.15, -0.1) is 0 Å². The molecule has 4 rings (SSSR count). The van der Waals surface area contributed by atoms with Gasteiger partial charge < -0.3 is 14.5 Å². The highest BCUT2D eigenvalue weighted by Crippen LogP contribution is 2.34. The van der Waals surface area contributed by atoms with E-state index in [-0.39, 0.29) is 24.0 Å². The maximum Gasteiger partial charge on any atom is 0.274 e. The SMILES string of the molecule is O=C(NO)c1ccc2c(c1)N(Cc1ccc(N3CCCC3=O)cc1)C(=O)CO2. The molecule has 0 unspecified atom stereocenters. The number of carbonyl (C=O) groups excluding carboxylic acids is 3. The van der Waals surface area contributed by atoms with E-state index in [1.807, 2.05) is 24.3 Å². The van der Waals surface area contributed by atoms with E-state index in [1.54, 1.807) is 21.3 Å². The average Bonchev–Trinajstić information content (AvgIpc) is 3.15. The average molecular weight is 381 g/mol. The fourth-order valence-electron chi connectivity index (χ4n) is 3.47. The number of hydroxylamine groups is 1. The first kappa shape index (κ1) is 18.0. The summed E-state index contributed by atoms with van der Waals surface area (Å²) in [7, 11) is 0. The number of hydrogen-bond acceptors (Lipinski definition) is 5. The smallest absolute Gasteiger partial charge is 0.274 e. The summed E-state index contributed by atoms with van der Waals surface area (Å²) >= 11 is 0. The molecular weight excluding hydrogens is 362 g/mol. The molecule has 2 heterocycles. The molecule has 144 valence electrons. The van der Waals surface area contributed by atoms with Gasteiger partial charge in [-0.25, -0.2) is 5.48 Å². The van der Waals surface area contributed by atoms with E-state index in [9.17, 15) is 14.4 Å². The molecule has 0 atom stereocenters. The molecule has 1 fully saturated rings. The fraction of sp³-hybridized carbons (Fsp3) is 0.250. The molecule has 8 nitrogen and oxygen atoms in total. The molecule has 3 amide bonds. The predicted molar refractivity (Wildman–Crippen MR) is 100 cm³/mol. The molecule has 2 aromatic carbocycles. The Labute approximate surface area is 161 Å². The van der Waals surface area contributed by atoms with Crippen molar-refractivity contribution in [1.29, 1.82) is 0 Å². The summed E-state index contributed by atoms with van der Waals surface area (Å²) in [6.07, 6.45) is 1.44. The molecule has 2 aliphatic heterocycles. The van der Waals surface area contributed by atoms with Gasteiger partial charge in [-0.2, -0.15) is 0 Å². The summed E-state index contributed by atoms with van der Waals surface area (Å²) < 4.78 is 5.44. The van der Waals surface area contributed by atoms with Crippen LogP contribution >= 0.6 is 0 Å². The molecule has 0 bridgehead atoms. The lowest BCUT2D eigenvalue weighted by molar-refractivity contribution is -0.121. The highest BCUT2D eigenvalue weighted by Gasteiger charge is 2.27. The second kappa shape index (κ2) is 7.32. The third-order valence-electron chi connectivity index (χ3n) is 4.93. The van der Waals surface area contributed by atoms with E-state index in [0.29, 0.717) is 24.4 Å². The minimum absolute atomic E-state index is 0.0844. The van der Waals surface area contributed by atoms with Crippen molar-refractivity contribution >= 4 is 29.1 Å². The van der Waals surface area contributed by atoms with Gasteiger partial charge in [-0.05, 0) is 42.3 Å². The van der Waals surface area contributed by atoms with Gasteiger partial charge in [-0.3, -0.25) is 19.6 Å². The van der Waals surface area contributed by atoms with Crippen molar-refractivity contribution in [2.24, 2.45) is 0 Å². The van der Waals surface area contributed by atoms with Crippen LogP contribution < -0.4 is 20.0 Å². The fourth-order valence-corrected chi connectivity index (χ4v) is 3.47. The Morgan fingerprint density at radius 3 is 2.57 bits per heavy atom. The van der Waals surface area contributed by atoms with Crippen LogP contribution in [0.25, 0.3) is 0 Å². The molecule has 0 spiro atoms. The van der Waals surface area contributed by atoms with E-state index in [4.69, 9.17) is 9.94 Å². The third kappa shape index (κ3) is 3.29. The Balaban J connectivity index is 1.58. The summed E-state index contributed by atoms with van der Waals surface area (Å²) in [6.45, 7) is 0.940. The number of benzene rings is 2. The topological polar surface area (TPSA) is 99.2 Å². The van der Waals surface area contributed by atoms with E-state index in [0.717, 1.165) is 24.2 Å². The zero-order chi connectivity index (χ0) is 19.7. The normalized spacial score (nSPS) is 16.0. The Morgan fingerprint density at radius 1 is 1.11 bits per heavy atom. The summed E-state index contributed by atoms with van der Waals surface area (Å²) in [6, 6.07) is 12.1. The van der Waals surface area contributed by atoms with Gasteiger partial charge in [-0.1, -0.05) is 12.1 Å². The zero-order valence-electron chi connectivity index (χ0n) is 15.1. The number of nitrogens with zero attached hydrogens (tertiary/aromatic N) is 2. The van der Waals surface area contributed by atoms with Crippen LogP contribution in [0.3, 0.4) is 0 Å². The standard InChI is InChI=1S/C20H19N3O5/c24-18-2-1-9-22(18)15-6-3-13(4-7-15)11-23-16-10-14(20(26)21-27)5-8-17(16)28-12-19(23)25/h3-8,10,27H,1-2,9,11-12H2,(H,21,26). The number of nitrogens with one attached hydrogen (secondary N) is 1. The molecule has 2 aliphatic rings. The van der Waals surface area contributed by atoms with Crippen LogP contribution in [-0.2, 0) is 16.1 Å². The molecule has 8 heteroatoms. The second-order valence-corrected chi connectivity index (χ2v) is 6.71. The van der Waals surface area contributed by atoms with E-state index in [1.165, 1.54) is 12.1 Å². The lowest BCUT2D eigenvalue weighted by Gasteiger charge is -2.30. The Morgan fingerprint density at radius 2 is 1.89 bits per heavy atom. The van der Waals surface area contributed by atoms with Gasteiger partial charge in [0.15, 0.2) is 6.61 Å². The van der Waals surface area contributed by atoms with Crippen molar-refractivity contribution in [3.8, 4) is 5.75 Å². The molecule has 28 heavy (non-hydrogen) atoms. The third-order valence-corrected chi connectivity index (χ3v) is 4.93. The quantitative estimate of drug-likeness (QED) is 0.622. The van der Waals surface area contributed by atoms with Crippen molar-refractivity contribution in [3.63, 3.8) is 0 Å². The molecule has 2 N–H and O–H groups in total. The van der Waals surface area contributed by atoms with Crippen LogP contribution in [0.1, 0.15) is 28.8 Å². The van der Waals surface area contributed by atoms with Crippen LogP contribution in [0.15, 0.2) is 42.5 Å². The van der Waals surface area contributed by atoms with Crippen molar-refractivity contribution in [3.05, 3.63) is 53.6 Å². The van der Waals surface area contributed by atoms with E-state index >= 15 is 0 Å². The van der Waals surface area contributed by atoms with E-state index in [2.05, 4.69) is 0 Å². The van der Waals surface area contributed by atoms with Gasteiger partial charge in [0.1, 0.15) is 5.75 Å². The number of hydrogen-bond donors (Lipinski definition) is 2. The Hall–Kier alpha value is -3.39. The summed E-state index contributed by atoms with van der Waals surface area (Å²) in [5.41, 5.74) is 4.00. The molecule has 0 aliphatic carbocycles. The monoisotopic (exact) mass is 381 g/mol. The maximum atomic E-state index is 12.4. The molecule has 0 aromatic heterocycles. The number of amides is 3. The minimum Gasteiger partial charge on any atom is -0.482 e. The van der Waals surface area contributed by atoms with Crippen molar-refractivity contribution in [1.82, 2.24) is 5.48 Å². The van der Waals surface area contributed by atoms with E-state index < -0.39 is 5.91 Å². The van der Waals surface area contributed by atoms with Gasteiger partial charge >= 0.3 is 0 Å². The predicted octanol–water partition coefficient (Wildman–Crippen LogP) is 1.86. The summed E-state index contributed by atoms with van der Waals surface area (Å²) in [5, 5.41) is 8.84. The summed E-state index contributed by atoms with van der Waals surface area (Å²) in [5.74, 6) is -0.277. The van der Waals surface area contributed by atoms with Crippen molar-refractivity contribution in [2.45, 2.75) is 19.4 Å². The van der Waals surface area contributed by atoms with Crippen molar-refractivity contribution in [2.75, 3.05) is 23.0 Å². The molecule has 0 radical (unpaired) electrons. The van der Waals surface area contributed by atoms with Gasteiger partial charge in [0.2, 0.25) is 5.91 Å². The van der Waals surface area contributed by atoms with Crippen LogP contribution in [-0.4, -0.2) is 36.1 Å². The molecular formula is C20H19N3O5. The maximum absolute atomic E-state index is 12.4. The number of fused-ring (bicyclic) bond motifs is 1. The van der Waals surface area contributed by atoms with Gasteiger partial charge in [0.05, 0.1) is 12.2 Å².